The second-order valence-corrected chi connectivity index (χ2v) is 4.70. The summed E-state index contributed by atoms with van der Waals surface area (Å²) in [5, 5.41) is 0.827. The number of carbonyl (C=O) groups excluding carboxylic acids is 1. The molecule has 0 N–H and O–H groups in total. The molecule has 1 saturated heterocycles. The standard InChI is InChI=1S/C11H10Cl2FNO/c12-8-1-2-9(10(13)3-8)11(16)15-5-7(4-14)6-15/h1-3,7H,4-6H2. The quantitative estimate of drug-likeness (QED) is 0.802. The van der Waals surface area contributed by atoms with Gasteiger partial charge >= 0.3 is 0 Å². The van der Waals surface area contributed by atoms with Gasteiger partial charge in [-0.15, -0.1) is 0 Å². The van der Waals surface area contributed by atoms with Crippen LogP contribution in [0.4, 0.5) is 4.39 Å². The lowest BCUT2D eigenvalue weighted by Crippen LogP contribution is -2.50. The van der Waals surface area contributed by atoms with Crippen LogP contribution in [-0.4, -0.2) is 30.6 Å². The highest BCUT2D eigenvalue weighted by molar-refractivity contribution is 6.36. The van der Waals surface area contributed by atoms with Gasteiger partial charge in [0.2, 0.25) is 0 Å². The Hall–Kier alpha value is -0.800. The van der Waals surface area contributed by atoms with E-state index in [-0.39, 0.29) is 18.5 Å². The van der Waals surface area contributed by atoms with Crippen LogP contribution in [0, 0.1) is 5.92 Å². The number of rotatable bonds is 2. The molecule has 0 spiro atoms. The summed E-state index contributed by atoms with van der Waals surface area (Å²) >= 11 is 11.6. The maximum absolute atomic E-state index is 12.2. The topological polar surface area (TPSA) is 20.3 Å². The van der Waals surface area contributed by atoms with Crippen LogP contribution in [0.15, 0.2) is 18.2 Å². The van der Waals surface area contributed by atoms with E-state index in [1.165, 1.54) is 6.07 Å². The van der Waals surface area contributed by atoms with E-state index in [2.05, 4.69) is 0 Å². The summed E-state index contributed by atoms with van der Waals surface area (Å²) in [5.74, 6) is -0.179. The predicted octanol–water partition coefficient (Wildman–Crippen LogP) is 3.03. The lowest BCUT2D eigenvalue weighted by molar-refractivity contribution is 0.0453. The van der Waals surface area contributed by atoms with Gasteiger partial charge in [-0.2, -0.15) is 0 Å². The minimum atomic E-state index is -0.377. The minimum absolute atomic E-state index is 0.0185. The molecule has 0 unspecified atom stereocenters. The number of alkyl halides is 1. The van der Waals surface area contributed by atoms with Crippen molar-refractivity contribution in [2.75, 3.05) is 19.8 Å². The van der Waals surface area contributed by atoms with Crippen molar-refractivity contribution < 1.29 is 9.18 Å². The lowest BCUT2D eigenvalue weighted by Gasteiger charge is -2.37. The molecule has 1 aliphatic heterocycles. The first-order valence-corrected chi connectivity index (χ1v) is 5.67. The number of benzene rings is 1. The van der Waals surface area contributed by atoms with Crippen molar-refractivity contribution in [2.24, 2.45) is 5.92 Å². The van der Waals surface area contributed by atoms with E-state index in [1.54, 1.807) is 17.0 Å². The number of carbonyl (C=O) groups is 1. The summed E-state index contributed by atoms with van der Waals surface area (Å²) in [6.07, 6.45) is 0. The second-order valence-electron chi connectivity index (χ2n) is 3.85. The summed E-state index contributed by atoms with van der Waals surface area (Å²) in [6, 6.07) is 4.74. The smallest absolute Gasteiger partial charge is 0.255 e. The van der Waals surface area contributed by atoms with Crippen LogP contribution in [0.25, 0.3) is 0 Å². The number of amides is 1. The van der Waals surface area contributed by atoms with E-state index >= 15 is 0 Å². The Balaban J connectivity index is 2.10. The number of hydrogen-bond donors (Lipinski definition) is 0. The van der Waals surface area contributed by atoms with Gasteiger partial charge in [-0.3, -0.25) is 9.18 Å². The average Bonchev–Trinajstić information content (AvgIpc) is 2.15. The zero-order valence-electron chi connectivity index (χ0n) is 8.42. The van der Waals surface area contributed by atoms with Crippen molar-refractivity contribution in [3.63, 3.8) is 0 Å². The largest absolute Gasteiger partial charge is 0.338 e. The van der Waals surface area contributed by atoms with Gasteiger partial charge in [-0.1, -0.05) is 23.2 Å². The SMILES string of the molecule is O=C(c1ccc(Cl)cc1Cl)N1CC(CF)C1. The molecule has 1 aromatic rings. The molecule has 0 bridgehead atoms. The molecule has 0 aromatic heterocycles. The summed E-state index contributed by atoms with van der Waals surface area (Å²) in [4.78, 5) is 13.5. The van der Waals surface area contributed by atoms with Crippen molar-refractivity contribution in [3.05, 3.63) is 33.8 Å². The molecule has 0 radical (unpaired) electrons. The highest BCUT2D eigenvalue weighted by atomic mass is 35.5. The molecule has 1 amide bonds. The normalized spacial score (nSPS) is 16.1. The fraction of sp³-hybridized carbons (Fsp3) is 0.364. The fourth-order valence-corrected chi connectivity index (χ4v) is 2.16. The molecule has 0 aliphatic carbocycles. The van der Waals surface area contributed by atoms with Crippen LogP contribution >= 0.6 is 23.2 Å². The van der Waals surface area contributed by atoms with Crippen molar-refractivity contribution in [1.29, 1.82) is 0 Å². The molecule has 86 valence electrons. The van der Waals surface area contributed by atoms with Crippen LogP contribution in [0.5, 0.6) is 0 Å². The Morgan fingerprint density at radius 2 is 2.12 bits per heavy atom. The molecule has 0 atom stereocenters. The molecular weight excluding hydrogens is 252 g/mol. The Bertz CT molecular complexity index is 418. The number of likely N-dealkylation sites (tertiary alicyclic amines) is 1. The van der Waals surface area contributed by atoms with E-state index in [9.17, 15) is 9.18 Å². The van der Waals surface area contributed by atoms with E-state index in [4.69, 9.17) is 23.2 Å². The lowest BCUT2D eigenvalue weighted by atomic mass is 10.0. The van der Waals surface area contributed by atoms with Crippen molar-refractivity contribution in [1.82, 2.24) is 4.90 Å². The highest BCUT2D eigenvalue weighted by Gasteiger charge is 2.31. The van der Waals surface area contributed by atoms with E-state index < -0.39 is 0 Å². The van der Waals surface area contributed by atoms with E-state index in [1.807, 2.05) is 0 Å². The van der Waals surface area contributed by atoms with Gasteiger partial charge in [0.25, 0.3) is 5.91 Å². The van der Waals surface area contributed by atoms with Crippen LogP contribution < -0.4 is 0 Å². The van der Waals surface area contributed by atoms with Crippen LogP contribution in [0.2, 0.25) is 10.0 Å². The summed E-state index contributed by atoms with van der Waals surface area (Å²) < 4.78 is 12.2. The summed E-state index contributed by atoms with van der Waals surface area (Å²) in [5.41, 5.74) is 0.420. The first kappa shape index (κ1) is 11.7. The van der Waals surface area contributed by atoms with Crippen molar-refractivity contribution in [3.8, 4) is 0 Å². The van der Waals surface area contributed by atoms with Gasteiger partial charge in [0.05, 0.1) is 17.3 Å². The molecule has 0 saturated carbocycles. The van der Waals surface area contributed by atoms with Crippen LogP contribution in [0.3, 0.4) is 0 Å². The number of halogens is 3. The third-order valence-electron chi connectivity index (χ3n) is 2.62. The Labute approximate surface area is 103 Å². The molecule has 2 nitrogen and oxygen atoms in total. The molecule has 1 aromatic carbocycles. The summed E-state index contributed by atoms with van der Waals surface area (Å²) in [6.45, 7) is 0.556. The van der Waals surface area contributed by atoms with E-state index in [0.717, 1.165) is 0 Å². The molecule has 1 aliphatic rings. The Morgan fingerprint density at radius 1 is 1.44 bits per heavy atom. The molecule has 16 heavy (non-hydrogen) atoms. The van der Waals surface area contributed by atoms with Crippen molar-refractivity contribution in [2.45, 2.75) is 0 Å². The van der Waals surface area contributed by atoms with Gasteiger partial charge in [-0.25, -0.2) is 0 Å². The second kappa shape index (κ2) is 4.60. The van der Waals surface area contributed by atoms with Gasteiger partial charge in [0, 0.05) is 24.0 Å². The van der Waals surface area contributed by atoms with Gasteiger partial charge in [0.15, 0.2) is 0 Å². The highest BCUT2D eigenvalue weighted by Crippen LogP contribution is 2.25. The first-order valence-electron chi connectivity index (χ1n) is 4.92. The van der Waals surface area contributed by atoms with Gasteiger partial charge in [-0.05, 0) is 18.2 Å². The number of hydrogen-bond acceptors (Lipinski definition) is 1. The molecule has 5 heteroatoms. The van der Waals surface area contributed by atoms with Crippen LogP contribution in [-0.2, 0) is 0 Å². The van der Waals surface area contributed by atoms with Gasteiger partial charge in [0.1, 0.15) is 0 Å². The fourth-order valence-electron chi connectivity index (χ4n) is 1.67. The zero-order valence-corrected chi connectivity index (χ0v) is 9.93. The summed E-state index contributed by atoms with van der Waals surface area (Å²) in [7, 11) is 0. The minimum Gasteiger partial charge on any atom is -0.338 e. The van der Waals surface area contributed by atoms with Gasteiger partial charge < -0.3 is 4.90 Å². The molecule has 1 fully saturated rings. The predicted molar refractivity (Wildman–Crippen MR) is 61.8 cm³/mol. The number of nitrogens with zero attached hydrogens (tertiary/aromatic N) is 1. The Morgan fingerprint density at radius 3 is 2.69 bits per heavy atom. The molecular formula is C11H10Cl2FNO. The molecule has 2 rings (SSSR count). The zero-order chi connectivity index (χ0) is 11.7. The third-order valence-corrected chi connectivity index (χ3v) is 3.17. The van der Waals surface area contributed by atoms with E-state index in [0.29, 0.717) is 28.7 Å². The maximum atomic E-state index is 12.2. The maximum Gasteiger partial charge on any atom is 0.255 e. The monoisotopic (exact) mass is 261 g/mol. The Kier molecular flexibility index (Phi) is 3.36. The third kappa shape index (κ3) is 2.15. The first-order chi connectivity index (χ1) is 7.61. The van der Waals surface area contributed by atoms with Crippen molar-refractivity contribution >= 4 is 29.1 Å². The molecule has 1 heterocycles. The average molecular weight is 262 g/mol. The van der Waals surface area contributed by atoms with Crippen LogP contribution in [0.1, 0.15) is 10.4 Å².